The molecule has 0 saturated heterocycles. The molecule has 1 aromatic heterocycles. The highest BCUT2D eigenvalue weighted by molar-refractivity contribution is 5.24. The van der Waals surface area contributed by atoms with E-state index in [2.05, 4.69) is 11.4 Å². The molecule has 1 heterocycles. The first kappa shape index (κ1) is 11.3. The van der Waals surface area contributed by atoms with Crippen LogP contribution in [-0.4, -0.2) is 12.6 Å². The van der Waals surface area contributed by atoms with Gasteiger partial charge < -0.3 is 15.5 Å². The third-order valence-corrected chi connectivity index (χ3v) is 4.43. The zero-order valence-corrected chi connectivity index (χ0v) is 10.3. The van der Waals surface area contributed by atoms with E-state index in [0.717, 1.165) is 13.0 Å². The third-order valence-electron chi connectivity index (χ3n) is 4.43. The Morgan fingerprint density at radius 2 is 2.24 bits per heavy atom. The highest BCUT2D eigenvalue weighted by Gasteiger charge is 2.30. The Morgan fingerprint density at radius 1 is 1.29 bits per heavy atom. The lowest BCUT2D eigenvalue weighted by Gasteiger charge is -2.29. The number of aryl methyl sites for hydroxylation is 1. The topological polar surface area (TPSA) is 51.2 Å². The van der Waals surface area contributed by atoms with Gasteiger partial charge in [-0.2, -0.15) is 0 Å². The Morgan fingerprint density at radius 3 is 3.12 bits per heavy atom. The summed E-state index contributed by atoms with van der Waals surface area (Å²) in [6, 6.07) is 3.25. The van der Waals surface area contributed by atoms with Crippen LogP contribution in [-0.2, 0) is 6.42 Å². The van der Waals surface area contributed by atoms with Gasteiger partial charge in [-0.25, -0.2) is 0 Å². The molecule has 2 aliphatic carbocycles. The summed E-state index contributed by atoms with van der Waals surface area (Å²) in [6.45, 7) is 0.822. The van der Waals surface area contributed by atoms with Crippen molar-refractivity contribution in [1.29, 1.82) is 0 Å². The van der Waals surface area contributed by atoms with Crippen LogP contribution in [0.2, 0.25) is 0 Å². The standard InChI is InChI=1S/C14H22N2O/c15-9-10-3-1-4-12(10)16-13-5-2-6-14-11(13)7-8-17-14/h7-8,10,12-13,16H,1-6,9,15H2. The van der Waals surface area contributed by atoms with Gasteiger partial charge in [0, 0.05) is 24.1 Å². The molecule has 3 atom stereocenters. The SMILES string of the molecule is NCC1CCCC1NC1CCCc2occc21. The summed E-state index contributed by atoms with van der Waals surface area (Å²) in [7, 11) is 0. The number of furan rings is 1. The van der Waals surface area contributed by atoms with E-state index in [1.807, 2.05) is 6.26 Å². The average Bonchev–Trinajstić information content (AvgIpc) is 2.97. The maximum atomic E-state index is 5.85. The first-order valence-corrected chi connectivity index (χ1v) is 6.91. The lowest BCUT2D eigenvalue weighted by molar-refractivity contribution is 0.330. The lowest BCUT2D eigenvalue weighted by atomic mass is 9.91. The Hall–Kier alpha value is -0.800. The summed E-state index contributed by atoms with van der Waals surface area (Å²) in [5, 5.41) is 3.82. The van der Waals surface area contributed by atoms with E-state index in [4.69, 9.17) is 10.2 Å². The van der Waals surface area contributed by atoms with Gasteiger partial charge in [-0.3, -0.25) is 0 Å². The molecule has 3 rings (SSSR count). The van der Waals surface area contributed by atoms with Gasteiger partial charge in [0.25, 0.3) is 0 Å². The molecule has 1 fully saturated rings. The monoisotopic (exact) mass is 234 g/mol. The quantitative estimate of drug-likeness (QED) is 0.844. The van der Waals surface area contributed by atoms with Gasteiger partial charge in [0.2, 0.25) is 0 Å². The van der Waals surface area contributed by atoms with Crippen LogP contribution in [0.5, 0.6) is 0 Å². The van der Waals surface area contributed by atoms with Gasteiger partial charge in [-0.05, 0) is 44.2 Å². The van der Waals surface area contributed by atoms with Crippen molar-refractivity contribution < 1.29 is 4.42 Å². The smallest absolute Gasteiger partial charge is 0.108 e. The minimum Gasteiger partial charge on any atom is -0.469 e. The molecule has 3 nitrogen and oxygen atoms in total. The maximum absolute atomic E-state index is 5.85. The van der Waals surface area contributed by atoms with Crippen molar-refractivity contribution in [2.24, 2.45) is 11.7 Å². The zero-order valence-electron chi connectivity index (χ0n) is 10.3. The fourth-order valence-corrected chi connectivity index (χ4v) is 3.46. The summed E-state index contributed by atoms with van der Waals surface area (Å²) in [4.78, 5) is 0. The first-order chi connectivity index (χ1) is 8.38. The third kappa shape index (κ3) is 2.14. The largest absolute Gasteiger partial charge is 0.469 e. The molecule has 3 N–H and O–H groups in total. The van der Waals surface area contributed by atoms with Crippen LogP contribution < -0.4 is 11.1 Å². The van der Waals surface area contributed by atoms with Crippen LogP contribution in [0.25, 0.3) is 0 Å². The number of fused-ring (bicyclic) bond motifs is 1. The Bertz CT molecular complexity index is 374. The highest BCUT2D eigenvalue weighted by atomic mass is 16.3. The average molecular weight is 234 g/mol. The molecule has 0 spiro atoms. The van der Waals surface area contributed by atoms with Crippen LogP contribution in [0.1, 0.15) is 49.5 Å². The summed E-state index contributed by atoms with van der Waals surface area (Å²) in [6.07, 6.45) is 9.30. The normalized spacial score (nSPS) is 32.6. The summed E-state index contributed by atoms with van der Waals surface area (Å²) in [5.41, 5.74) is 7.23. The van der Waals surface area contributed by atoms with Crippen molar-refractivity contribution in [1.82, 2.24) is 5.32 Å². The molecule has 0 radical (unpaired) electrons. The predicted octanol–water partition coefficient (Wildman–Crippen LogP) is 2.37. The van der Waals surface area contributed by atoms with Crippen LogP contribution in [0, 0.1) is 5.92 Å². The Balaban J connectivity index is 1.70. The maximum Gasteiger partial charge on any atom is 0.108 e. The minimum absolute atomic E-state index is 0.495. The molecule has 0 amide bonds. The minimum atomic E-state index is 0.495. The van der Waals surface area contributed by atoms with Crippen molar-refractivity contribution in [3.8, 4) is 0 Å². The predicted molar refractivity (Wildman–Crippen MR) is 67.7 cm³/mol. The molecule has 17 heavy (non-hydrogen) atoms. The molecule has 1 aromatic rings. The van der Waals surface area contributed by atoms with E-state index in [9.17, 15) is 0 Å². The highest BCUT2D eigenvalue weighted by Crippen LogP contribution is 2.33. The van der Waals surface area contributed by atoms with Crippen molar-refractivity contribution in [3.05, 3.63) is 23.7 Å². The van der Waals surface area contributed by atoms with Crippen LogP contribution in [0.3, 0.4) is 0 Å². The fraction of sp³-hybridized carbons (Fsp3) is 0.714. The first-order valence-electron chi connectivity index (χ1n) is 6.91. The van der Waals surface area contributed by atoms with Crippen LogP contribution in [0.4, 0.5) is 0 Å². The van der Waals surface area contributed by atoms with Gasteiger partial charge in [0.15, 0.2) is 0 Å². The lowest BCUT2D eigenvalue weighted by Crippen LogP contribution is -2.39. The number of rotatable bonds is 3. The van der Waals surface area contributed by atoms with Gasteiger partial charge in [-0.15, -0.1) is 0 Å². The molecule has 2 aliphatic rings. The number of nitrogens with two attached hydrogens (primary N) is 1. The molecular formula is C14H22N2O. The van der Waals surface area contributed by atoms with E-state index >= 15 is 0 Å². The van der Waals surface area contributed by atoms with Gasteiger partial charge in [0.1, 0.15) is 5.76 Å². The van der Waals surface area contributed by atoms with Gasteiger partial charge in [0.05, 0.1) is 6.26 Å². The van der Waals surface area contributed by atoms with E-state index in [-0.39, 0.29) is 0 Å². The Labute approximate surface area is 103 Å². The fourth-order valence-electron chi connectivity index (χ4n) is 3.46. The number of hydrogen-bond acceptors (Lipinski definition) is 3. The summed E-state index contributed by atoms with van der Waals surface area (Å²) < 4.78 is 5.54. The second kappa shape index (κ2) is 4.83. The second-order valence-corrected chi connectivity index (χ2v) is 5.44. The van der Waals surface area contributed by atoms with Crippen molar-refractivity contribution in [2.45, 2.75) is 50.6 Å². The second-order valence-electron chi connectivity index (χ2n) is 5.44. The Kier molecular flexibility index (Phi) is 3.21. The number of nitrogens with one attached hydrogen (secondary N) is 1. The molecule has 0 aromatic carbocycles. The van der Waals surface area contributed by atoms with Gasteiger partial charge >= 0.3 is 0 Å². The molecule has 3 heteroatoms. The van der Waals surface area contributed by atoms with E-state index in [0.29, 0.717) is 18.0 Å². The summed E-state index contributed by atoms with van der Waals surface area (Å²) >= 11 is 0. The molecular weight excluding hydrogens is 212 g/mol. The van der Waals surface area contributed by atoms with Gasteiger partial charge in [-0.1, -0.05) is 6.42 Å². The number of hydrogen-bond donors (Lipinski definition) is 2. The molecule has 94 valence electrons. The molecule has 3 unspecified atom stereocenters. The molecule has 0 aliphatic heterocycles. The van der Waals surface area contributed by atoms with Crippen LogP contribution >= 0.6 is 0 Å². The summed E-state index contributed by atoms with van der Waals surface area (Å²) in [5.74, 6) is 1.86. The van der Waals surface area contributed by atoms with Crippen molar-refractivity contribution in [3.63, 3.8) is 0 Å². The zero-order chi connectivity index (χ0) is 11.7. The molecule has 1 saturated carbocycles. The van der Waals surface area contributed by atoms with E-state index in [1.54, 1.807) is 0 Å². The molecule has 0 bridgehead atoms. The van der Waals surface area contributed by atoms with Crippen LogP contribution in [0.15, 0.2) is 16.7 Å². The van der Waals surface area contributed by atoms with E-state index < -0.39 is 0 Å². The van der Waals surface area contributed by atoms with Crippen molar-refractivity contribution in [2.75, 3.05) is 6.54 Å². The van der Waals surface area contributed by atoms with Crippen molar-refractivity contribution >= 4 is 0 Å². The van der Waals surface area contributed by atoms with E-state index in [1.165, 1.54) is 43.4 Å².